The van der Waals surface area contributed by atoms with Crippen molar-refractivity contribution in [1.82, 2.24) is 19.9 Å². The molecule has 2 aromatic rings. The Kier molecular flexibility index (Phi) is 4.13. The van der Waals surface area contributed by atoms with E-state index in [1.807, 2.05) is 19.2 Å². The van der Waals surface area contributed by atoms with Crippen molar-refractivity contribution in [2.75, 3.05) is 13.1 Å². The Balaban J connectivity index is 1.40. The molecule has 0 unspecified atom stereocenters. The number of rotatable bonds is 3. The first-order chi connectivity index (χ1) is 11.2. The van der Waals surface area contributed by atoms with Crippen LogP contribution in [-0.4, -0.2) is 39.0 Å². The quantitative estimate of drug-likeness (QED) is 0.866. The Bertz CT molecular complexity index is 689. The van der Waals surface area contributed by atoms with E-state index in [0.29, 0.717) is 12.0 Å². The summed E-state index contributed by atoms with van der Waals surface area (Å²) >= 11 is 1.73. The summed E-state index contributed by atoms with van der Waals surface area (Å²) < 4.78 is 6.28. The normalized spacial score (nSPS) is 28.0. The van der Waals surface area contributed by atoms with E-state index in [4.69, 9.17) is 4.74 Å². The van der Waals surface area contributed by atoms with E-state index in [9.17, 15) is 0 Å². The molecule has 0 bridgehead atoms. The zero-order chi connectivity index (χ0) is 15.8. The lowest BCUT2D eigenvalue weighted by atomic mass is 9.92. The van der Waals surface area contributed by atoms with Crippen molar-refractivity contribution in [2.45, 2.75) is 45.4 Å². The lowest BCUT2D eigenvalue weighted by molar-refractivity contribution is -0.00252. The van der Waals surface area contributed by atoms with Gasteiger partial charge in [0, 0.05) is 37.1 Å². The number of nitrogens with zero attached hydrogens (tertiary/aromatic N) is 4. The van der Waals surface area contributed by atoms with Crippen LogP contribution in [0.3, 0.4) is 0 Å². The van der Waals surface area contributed by atoms with Gasteiger partial charge in [0.2, 0.25) is 0 Å². The van der Waals surface area contributed by atoms with E-state index in [2.05, 4.69) is 32.2 Å². The van der Waals surface area contributed by atoms with Crippen molar-refractivity contribution >= 4 is 11.3 Å². The number of likely N-dealkylation sites (tertiary alicyclic amines) is 1. The number of piperidine rings is 1. The summed E-state index contributed by atoms with van der Waals surface area (Å²) in [5.74, 6) is 1.42. The van der Waals surface area contributed by atoms with Crippen LogP contribution >= 0.6 is 11.3 Å². The highest BCUT2D eigenvalue weighted by molar-refractivity contribution is 7.09. The largest absolute Gasteiger partial charge is 0.368 e. The molecule has 0 amide bonds. The lowest BCUT2D eigenvalue weighted by Crippen LogP contribution is -2.40. The van der Waals surface area contributed by atoms with Crippen molar-refractivity contribution < 1.29 is 4.74 Å². The number of aromatic nitrogens is 3. The standard InChI is InChI=1S/C17H22N4OS/c1-11-18-5-3-15(19-11)17-7-13-8-21(6-4-16(13)22-17)9-14-10-23-12(2)20-14/h3,5,10,13,16-17H,4,6-9H2,1-2H3/t13-,16-,17+/m0/s1. The highest BCUT2D eigenvalue weighted by atomic mass is 32.1. The topological polar surface area (TPSA) is 51.1 Å². The van der Waals surface area contributed by atoms with Crippen molar-refractivity contribution in [1.29, 1.82) is 0 Å². The lowest BCUT2D eigenvalue weighted by Gasteiger charge is -2.33. The fraction of sp³-hybridized carbons (Fsp3) is 0.588. The fourth-order valence-electron chi connectivity index (χ4n) is 3.73. The molecule has 2 aliphatic rings. The Hall–Kier alpha value is -1.37. The molecule has 0 aliphatic carbocycles. The maximum atomic E-state index is 6.28. The third-order valence-corrected chi connectivity index (χ3v) is 5.61. The smallest absolute Gasteiger partial charge is 0.125 e. The maximum absolute atomic E-state index is 6.28. The molecular formula is C17H22N4OS. The molecule has 122 valence electrons. The summed E-state index contributed by atoms with van der Waals surface area (Å²) in [4.78, 5) is 15.8. The molecule has 0 radical (unpaired) electrons. The van der Waals surface area contributed by atoms with Crippen LogP contribution in [-0.2, 0) is 11.3 Å². The Morgan fingerprint density at radius 1 is 1.35 bits per heavy atom. The van der Waals surface area contributed by atoms with Gasteiger partial charge in [-0.25, -0.2) is 15.0 Å². The number of ether oxygens (including phenoxy) is 1. The van der Waals surface area contributed by atoms with Gasteiger partial charge in [0.05, 0.1) is 22.5 Å². The molecule has 4 rings (SSSR count). The van der Waals surface area contributed by atoms with Crippen molar-refractivity contribution in [2.24, 2.45) is 5.92 Å². The molecule has 0 spiro atoms. The van der Waals surface area contributed by atoms with Gasteiger partial charge >= 0.3 is 0 Å². The second kappa shape index (κ2) is 6.26. The summed E-state index contributed by atoms with van der Waals surface area (Å²) in [5, 5.41) is 3.33. The van der Waals surface area contributed by atoms with Crippen LogP contribution in [0.4, 0.5) is 0 Å². The molecule has 2 aliphatic heterocycles. The highest BCUT2D eigenvalue weighted by Gasteiger charge is 2.40. The van der Waals surface area contributed by atoms with Gasteiger partial charge < -0.3 is 4.74 Å². The molecule has 2 saturated heterocycles. The predicted molar refractivity (Wildman–Crippen MR) is 89.2 cm³/mol. The van der Waals surface area contributed by atoms with Gasteiger partial charge in [0.15, 0.2) is 0 Å². The highest BCUT2D eigenvalue weighted by Crippen LogP contribution is 2.40. The zero-order valence-corrected chi connectivity index (χ0v) is 14.4. The van der Waals surface area contributed by atoms with E-state index in [-0.39, 0.29) is 6.10 Å². The van der Waals surface area contributed by atoms with E-state index >= 15 is 0 Å². The van der Waals surface area contributed by atoms with E-state index in [1.165, 1.54) is 5.69 Å². The summed E-state index contributed by atoms with van der Waals surface area (Å²) in [7, 11) is 0. The predicted octanol–water partition coefficient (Wildman–Crippen LogP) is 2.90. The van der Waals surface area contributed by atoms with Crippen LogP contribution in [0.1, 0.15) is 41.2 Å². The van der Waals surface area contributed by atoms with Crippen LogP contribution in [0, 0.1) is 19.8 Å². The summed E-state index contributed by atoms with van der Waals surface area (Å²) in [6.45, 7) is 7.16. The molecule has 0 N–H and O–H groups in total. The van der Waals surface area contributed by atoms with Crippen LogP contribution in [0.5, 0.6) is 0 Å². The first kappa shape index (κ1) is 15.2. The molecule has 0 saturated carbocycles. The van der Waals surface area contributed by atoms with E-state index in [1.54, 1.807) is 11.3 Å². The molecule has 2 fully saturated rings. The molecule has 2 aromatic heterocycles. The molecule has 3 atom stereocenters. The van der Waals surface area contributed by atoms with Crippen molar-refractivity contribution in [3.05, 3.63) is 39.9 Å². The minimum absolute atomic E-state index is 0.133. The molecule has 6 heteroatoms. The number of hydrogen-bond donors (Lipinski definition) is 0. The summed E-state index contributed by atoms with van der Waals surface area (Å²) in [6.07, 6.45) is 4.51. The summed E-state index contributed by atoms with van der Waals surface area (Å²) in [5.41, 5.74) is 2.24. The second-order valence-electron chi connectivity index (χ2n) is 6.57. The molecule has 4 heterocycles. The Labute approximate surface area is 140 Å². The Morgan fingerprint density at radius 2 is 2.26 bits per heavy atom. The van der Waals surface area contributed by atoms with E-state index in [0.717, 1.165) is 49.0 Å². The van der Waals surface area contributed by atoms with Crippen LogP contribution in [0.2, 0.25) is 0 Å². The fourth-order valence-corrected chi connectivity index (χ4v) is 4.33. The van der Waals surface area contributed by atoms with Crippen molar-refractivity contribution in [3.63, 3.8) is 0 Å². The minimum Gasteiger partial charge on any atom is -0.368 e. The third-order valence-electron chi connectivity index (χ3n) is 4.78. The number of hydrogen-bond acceptors (Lipinski definition) is 6. The Morgan fingerprint density at radius 3 is 3.04 bits per heavy atom. The zero-order valence-electron chi connectivity index (χ0n) is 13.6. The molecular weight excluding hydrogens is 308 g/mol. The second-order valence-corrected chi connectivity index (χ2v) is 7.63. The van der Waals surface area contributed by atoms with Gasteiger partial charge in [-0.2, -0.15) is 0 Å². The van der Waals surface area contributed by atoms with Gasteiger partial charge in [0.1, 0.15) is 11.9 Å². The van der Waals surface area contributed by atoms with Crippen LogP contribution in [0.25, 0.3) is 0 Å². The van der Waals surface area contributed by atoms with Gasteiger partial charge in [-0.15, -0.1) is 11.3 Å². The van der Waals surface area contributed by atoms with Crippen LogP contribution in [0.15, 0.2) is 17.6 Å². The van der Waals surface area contributed by atoms with Crippen LogP contribution < -0.4 is 0 Å². The van der Waals surface area contributed by atoms with Gasteiger partial charge in [0.25, 0.3) is 0 Å². The first-order valence-corrected chi connectivity index (χ1v) is 9.14. The number of fused-ring (bicyclic) bond motifs is 1. The summed E-state index contributed by atoms with van der Waals surface area (Å²) in [6, 6.07) is 1.99. The number of thiazole rings is 1. The van der Waals surface area contributed by atoms with Gasteiger partial charge in [-0.3, -0.25) is 4.90 Å². The van der Waals surface area contributed by atoms with E-state index < -0.39 is 0 Å². The van der Waals surface area contributed by atoms with Gasteiger partial charge in [-0.1, -0.05) is 0 Å². The maximum Gasteiger partial charge on any atom is 0.125 e. The number of aryl methyl sites for hydroxylation is 2. The third kappa shape index (κ3) is 3.29. The van der Waals surface area contributed by atoms with Gasteiger partial charge in [-0.05, 0) is 32.8 Å². The molecule has 0 aromatic carbocycles. The first-order valence-electron chi connectivity index (χ1n) is 8.26. The molecule has 23 heavy (non-hydrogen) atoms. The minimum atomic E-state index is 0.133. The SMILES string of the molecule is Cc1nccc([C@H]2C[C@H]3CN(Cc4csc(C)n4)CC[C@@H]3O2)n1. The monoisotopic (exact) mass is 330 g/mol. The average Bonchev–Trinajstić information content (AvgIpc) is 3.13. The molecule has 5 nitrogen and oxygen atoms in total. The average molecular weight is 330 g/mol. The van der Waals surface area contributed by atoms with Crippen molar-refractivity contribution in [3.8, 4) is 0 Å².